The zero-order chi connectivity index (χ0) is 16.5. The molecule has 0 bridgehead atoms. The van der Waals surface area contributed by atoms with Gasteiger partial charge in [-0.25, -0.2) is 0 Å². The minimum Gasteiger partial charge on any atom is -0.494 e. The van der Waals surface area contributed by atoms with Crippen molar-refractivity contribution in [2.75, 3.05) is 6.61 Å². The molecule has 0 aliphatic heterocycles. The van der Waals surface area contributed by atoms with Crippen molar-refractivity contribution in [1.82, 2.24) is 5.16 Å². The van der Waals surface area contributed by atoms with E-state index >= 15 is 0 Å². The molecular formula is C19H27NO3. The van der Waals surface area contributed by atoms with E-state index in [1.165, 1.54) is 32.1 Å². The smallest absolute Gasteiger partial charge is 0.170 e. The normalized spacial score (nSPS) is 10.9. The molecule has 1 heterocycles. The van der Waals surface area contributed by atoms with Crippen LogP contribution in [0.1, 0.15) is 56.7 Å². The van der Waals surface area contributed by atoms with Crippen LogP contribution >= 0.6 is 0 Å². The van der Waals surface area contributed by atoms with Crippen molar-refractivity contribution in [3.8, 4) is 17.1 Å². The van der Waals surface area contributed by atoms with Crippen LogP contribution in [0.2, 0.25) is 0 Å². The average Bonchev–Trinajstić information content (AvgIpc) is 2.95. The van der Waals surface area contributed by atoms with E-state index in [1.807, 2.05) is 31.2 Å². The summed E-state index contributed by atoms with van der Waals surface area (Å²) in [5, 5.41) is 13.0. The van der Waals surface area contributed by atoms with Crippen molar-refractivity contribution in [2.24, 2.45) is 0 Å². The molecule has 0 amide bonds. The van der Waals surface area contributed by atoms with E-state index < -0.39 is 0 Å². The van der Waals surface area contributed by atoms with Gasteiger partial charge < -0.3 is 14.4 Å². The highest BCUT2D eigenvalue weighted by Crippen LogP contribution is 2.27. The zero-order valence-electron chi connectivity index (χ0n) is 14.2. The number of unbranched alkanes of at least 4 members (excludes halogenated alkanes) is 5. The highest BCUT2D eigenvalue weighted by Gasteiger charge is 2.12. The number of hydrogen-bond donors (Lipinski definition) is 1. The summed E-state index contributed by atoms with van der Waals surface area (Å²) in [7, 11) is 0. The molecule has 2 rings (SSSR count). The van der Waals surface area contributed by atoms with Gasteiger partial charge in [-0.05, 0) is 37.6 Å². The van der Waals surface area contributed by atoms with Gasteiger partial charge in [0.25, 0.3) is 0 Å². The fourth-order valence-corrected chi connectivity index (χ4v) is 2.56. The van der Waals surface area contributed by atoms with Gasteiger partial charge in [-0.15, -0.1) is 0 Å². The van der Waals surface area contributed by atoms with E-state index in [0.717, 1.165) is 29.9 Å². The maximum absolute atomic E-state index is 9.17. The predicted molar refractivity (Wildman–Crippen MR) is 91.5 cm³/mol. The van der Waals surface area contributed by atoms with Crippen LogP contribution in [0.5, 0.6) is 5.75 Å². The highest BCUT2D eigenvalue weighted by molar-refractivity contribution is 5.62. The van der Waals surface area contributed by atoms with Crippen LogP contribution in [-0.2, 0) is 6.61 Å². The molecule has 4 nitrogen and oxygen atoms in total. The maximum Gasteiger partial charge on any atom is 0.170 e. The SMILES string of the molecule is CCCCCCCCOc1ccc(-c2onc(CO)c2C)cc1. The first-order valence-electron chi connectivity index (χ1n) is 8.55. The van der Waals surface area contributed by atoms with Crippen LogP contribution in [0.4, 0.5) is 0 Å². The molecule has 0 aliphatic rings. The second-order valence-corrected chi connectivity index (χ2v) is 5.88. The molecular weight excluding hydrogens is 290 g/mol. The van der Waals surface area contributed by atoms with Crippen molar-refractivity contribution in [3.63, 3.8) is 0 Å². The zero-order valence-corrected chi connectivity index (χ0v) is 14.2. The van der Waals surface area contributed by atoms with E-state index in [2.05, 4.69) is 12.1 Å². The lowest BCUT2D eigenvalue weighted by atomic mass is 10.1. The van der Waals surface area contributed by atoms with Crippen LogP contribution in [0.15, 0.2) is 28.8 Å². The summed E-state index contributed by atoms with van der Waals surface area (Å²) in [5.41, 5.74) is 2.42. The first-order valence-corrected chi connectivity index (χ1v) is 8.55. The van der Waals surface area contributed by atoms with Gasteiger partial charge in [0.1, 0.15) is 11.4 Å². The number of nitrogens with zero attached hydrogens (tertiary/aromatic N) is 1. The lowest BCUT2D eigenvalue weighted by Crippen LogP contribution is -1.97. The first kappa shape index (κ1) is 17.5. The fraction of sp³-hybridized carbons (Fsp3) is 0.526. The minimum atomic E-state index is -0.102. The summed E-state index contributed by atoms with van der Waals surface area (Å²) in [5.74, 6) is 1.58. The highest BCUT2D eigenvalue weighted by atomic mass is 16.5. The third kappa shape index (κ3) is 5.10. The van der Waals surface area contributed by atoms with E-state index in [9.17, 15) is 0 Å². The molecule has 0 unspecified atom stereocenters. The number of ether oxygens (including phenoxy) is 1. The Bertz CT molecular complexity index is 575. The Balaban J connectivity index is 1.79. The van der Waals surface area contributed by atoms with Gasteiger partial charge in [-0.3, -0.25) is 0 Å². The van der Waals surface area contributed by atoms with Crippen molar-refractivity contribution < 1.29 is 14.4 Å². The standard InChI is InChI=1S/C19H27NO3/c1-3-4-5-6-7-8-13-22-17-11-9-16(10-12-17)19-15(2)18(14-21)20-23-19/h9-12,21H,3-8,13-14H2,1-2H3. The topological polar surface area (TPSA) is 55.5 Å². The monoisotopic (exact) mass is 317 g/mol. The van der Waals surface area contributed by atoms with Crippen LogP contribution in [0.25, 0.3) is 11.3 Å². The van der Waals surface area contributed by atoms with E-state index in [1.54, 1.807) is 0 Å². The quantitative estimate of drug-likeness (QED) is 0.634. The Morgan fingerprint density at radius 1 is 1.04 bits per heavy atom. The molecule has 0 atom stereocenters. The third-order valence-corrected chi connectivity index (χ3v) is 4.05. The molecule has 126 valence electrons. The summed E-state index contributed by atoms with van der Waals surface area (Å²) in [6.45, 7) is 4.80. The van der Waals surface area contributed by atoms with Gasteiger partial charge >= 0.3 is 0 Å². The Morgan fingerprint density at radius 2 is 1.74 bits per heavy atom. The Hall–Kier alpha value is -1.81. The molecule has 1 N–H and O–H groups in total. The second-order valence-electron chi connectivity index (χ2n) is 5.88. The first-order chi connectivity index (χ1) is 11.3. The lowest BCUT2D eigenvalue weighted by molar-refractivity contribution is 0.266. The van der Waals surface area contributed by atoms with Crippen molar-refractivity contribution in [2.45, 2.75) is 59.0 Å². The summed E-state index contributed by atoms with van der Waals surface area (Å²) in [6.07, 6.45) is 7.59. The second kappa shape index (κ2) is 9.36. The van der Waals surface area contributed by atoms with Crippen LogP contribution in [0, 0.1) is 6.92 Å². The Kier molecular flexibility index (Phi) is 7.14. The van der Waals surface area contributed by atoms with E-state index in [0.29, 0.717) is 11.5 Å². The molecule has 2 aromatic rings. The molecule has 0 fully saturated rings. The Morgan fingerprint density at radius 3 is 2.39 bits per heavy atom. The van der Waals surface area contributed by atoms with E-state index in [4.69, 9.17) is 14.4 Å². The maximum atomic E-state index is 9.17. The molecule has 1 aromatic carbocycles. The van der Waals surface area contributed by atoms with Crippen LogP contribution in [0.3, 0.4) is 0 Å². The number of rotatable bonds is 10. The van der Waals surface area contributed by atoms with E-state index in [-0.39, 0.29) is 6.61 Å². The van der Waals surface area contributed by atoms with Crippen LogP contribution < -0.4 is 4.74 Å². The molecule has 0 saturated heterocycles. The van der Waals surface area contributed by atoms with Crippen molar-refractivity contribution in [3.05, 3.63) is 35.5 Å². The molecule has 0 spiro atoms. The summed E-state index contributed by atoms with van der Waals surface area (Å²) >= 11 is 0. The molecule has 0 aliphatic carbocycles. The van der Waals surface area contributed by atoms with Gasteiger partial charge in [-0.2, -0.15) is 0 Å². The number of aromatic nitrogens is 1. The fourth-order valence-electron chi connectivity index (χ4n) is 2.56. The number of benzene rings is 1. The molecule has 23 heavy (non-hydrogen) atoms. The summed E-state index contributed by atoms with van der Waals surface area (Å²) < 4.78 is 11.1. The average molecular weight is 317 g/mol. The van der Waals surface area contributed by atoms with Gasteiger partial charge in [-0.1, -0.05) is 44.2 Å². The molecule has 0 radical (unpaired) electrons. The van der Waals surface area contributed by atoms with Gasteiger partial charge in [0.05, 0.1) is 13.2 Å². The molecule has 0 saturated carbocycles. The van der Waals surface area contributed by atoms with Gasteiger partial charge in [0.2, 0.25) is 0 Å². The summed E-state index contributed by atoms with van der Waals surface area (Å²) in [6, 6.07) is 7.83. The number of aliphatic hydroxyl groups excluding tert-OH is 1. The number of aliphatic hydroxyl groups is 1. The predicted octanol–water partition coefficient (Wildman–Crippen LogP) is 4.88. The largest absolute Gasteiger partial charge is 0.494 e. The molecule has 1 aromatic heterocycles. The van der Waals surface area contributed by atoms with Crippen molar-refractivity contribution in [1.29, 1.82) is 0 Å². The Labute approximate surface area is 138 Å². The van der Waals surface area contributed by atoms with Gasteiger partial charge in [0, 0.05) is 11.1 Å². The van der Waals surface area contributed by atoms with Crippen LogP contribution in [-0.4, -0.2) is 16.9 Å². The third-order valence-electron chi connectivity index (χ3n) is 4.05. The minimum absolute atomic E-state index is 0.102. The number of hydrogen-bond acceptors (Lipinski definition) is 4. The molecule has 4 heteroatoms. The van der Waals surface area contributed by atoms with Crippen molar-refractivity contribution >= 4 is 0 Å². The lowest BCUT2D eigenvalue weighted by Gasteiger charge is -2.07. The summed E-state index contributed by atoms with van der Waals surface area (Å²) in [4.78, 5) is 0. The van der Waals surface area contributed by atoms with Gasteiger partial charge in [0.15, 0.2) is 5.76 Å².